The van der Waals surface area contributed by atoms with Crippen molar-refractivity contribution >= 4 is 27.3 Å². The number of nitro groups is 1. The van der Waals surface area contributed by atoms with Crippen LogP contribution in [0.15, 0.2) is 18.2 Å². The van der Waals surface area contributed by atoms with Crippen LogP contribution in [0.5, 0.6) is 0 Å². The van der Waals surface area contributed by atoms with Crippen LogP contribution in [0.1, 0.15) is 25.8 Å². The Morgan fingerprint density at radius 3 is 2.70 bits per heavy atom. The van der Waals surface area contributed by atoms with Crippen LogP contribution in [0.3, 0.4) is 0 Å². The van der Waals surface area contributed by atoms with Gasteiger partial charge in [0.15, 0.2) is 0 Å². The van der Waals surface area contributed by atoms with Gasteiger partial charge in [-0.15, -0.1) is 0 Å². The van der Waals surface area contributed by atoms with E-state index < -0.39 is 0 Å². The van der Waals surface area contributed by atoms with Gasteiger partial charge in [0.25, 0.3) is 5.69 Å². The minimum Gasteiger partial charge on any atom is -0.383 e. The maximum Gasteiger partial charge on any atom is 0.269 e. The van der Waals surface area contributed by atoms with Gasteiger partial charge in [-0.2, -0.15) is 0 Å². The van der Waals surface area contributed by atoms with Crippen LogP contribution >= 0.6 is 15.9 Å². The largest absolute Gasteiger partial charge is 0.383 e. The molecule has 6 heteroatoms. The number of hydrogen-bond acceptors (Lipinski definition) is 4. The van der Waals surface area contributed by atoms with Gasteiger partial charge in [-0.3, -0.25) is 10.1 Å². The highest BCUT2D eigenvalue weighted by molar-refractivity contribution is 9.08. The molecule has 112 valence electrons. The maximum absolute atomic E-state index is 10.9. The first-order chi connectivity index (χ1) is 9.54. The second-order valence-electron chi connectivity index (χ2n) is 4.65. The normalized spacial score (nSPS) is 12.2. The van der Waals surface area contributed by atoms with E-state index in [4.69, 9.17) is 4.74 Å². The molecule has 5 nitrogen and oxygen atoms in total. The van der Waals surface area contributed by atoms with E-state index in [1.807, 2.05) is 6.07 Å². The van der Waals surface area contributed by atoms with Gasteiger partial charge in [0, 0.05) is 42.8 Å². The standard InChI is InChI=1S/C14H21BrN2O3/c1-4-11(2)16(7-8-20-3)14-6-5-13(17(18)19)9-12(14)10-15/h5-6,9,11H,4,7-8,10H2,1-3H3. The summed E-state index contributed by atoms with van der Waals surface area (Å²) in [6.07, 6.45) is 1.00. The van der Waals surface area contributed by atoms with E-state index in [0.29, 0.717) is 18.0 Å². The number of halogens is 1. The summed E-state index contributed by atoms with van der Waals surface area (Å²) < 4.78 is 5.16. The molecule has 1 aromatic rings. The zero-order valence-corrected chi connectivity index (χ0v) is 13.7. The average molecular weight is 345 g/mol. The Balaban J connectivity index is 3.14. The van der Waals surface area contributed by atoms with Crippen LogP contribution in [0, 0.1) is 10.1 Å². The van der Waals surface area contributed by atoms with Gasteiger partial charge in [-0.05, 0) is 25.0 Å². The van der Waals surface area contributed by atoms with Crippen molar-refractivity contribution in [1.29, 1.82) is 0 Å². The molecule has 0 aliphatic carbocycles. The molecule has 0 aromatic heterocycles. The molecule has 1 atom stereocenters. The Morgan fingerprint density at radius 1 is 1.50 bits per heavy atom. The predicted molar refractivity (Wildman–Crippen MR) is 84.7 cm³/mol. The van der Waals surface area contributed by atoms with Crippen molar-refractivity contribution in [2.45, 2.75) is 31.6 Å². The Labute approximate surface area is 128 Å². The van der Waals surface area contributed by atoms with Crippen molar-refractivity contribution in [2.75, 3.05) is 25.2 Å². The summed E-state index contributed by atoms with van der Waals surface area (Å²) in [6, 6.07) is 5.37. The van der Waals surface area contributed by atoms with E-state index in [9.17, 15) is 10.1 Å². The zero-order valence-electron chi connectivity index (χ0n) is 12.1. The molecule has 1 unspecified atom stereocenters. The van der Waals surface area contributed by atoms with E-state index in [1.54, 1.807) is 19.2 Å². The minimum absolute atomic E-state index is 0.124. The van der Waals surface area contributed by atoms with Gasteiger partial charge in [0.05, 0.1) is 11.5 Å². The van der Waals surface area contributed by atoms with E-state index in [-0.39, 0.29) is 10.6 Å². The summed E-state index contributed by atoms with van der Waals surface area (Å²) >= 11 is 3.42. The Bertz CT molecular complexity index is 454. The highest BCUT2D eigenvalue weighted by atomic mass is 79.9. The van der Waals surface area contributed by atoms with Crippen molar-refractivity contribution in [1.82, 2.24) is 0 Å². The number of nitrogens with zero attached hydrogens (tertiary/aromatic N) is 2. The molecule has 0 radical (unpaired) electrons. The lowest BCUT2D eigenvalue weighted by atomic mass is 10.1. The Morgan fingerprint density at radius 2 is 2.20 bits per heavy atom. The van der Waals surface area contributed by atoms with Crippen LogP contribution in [0.4, 0.5) is 11.4 Å². The smallest absolute Gasteiger partial charge is 0.269 e. The molecule has 20 heavy (non-hydrogen) atoms. The molecule has 0 amide bonds. The van der Waals surface area contributed by atoms with E-state index >= 15 is 0 Å². The fraction of sp³-hybridized carbons (Fsp3) is 0.571. The molecule has 0 bridgehead atoms. The monoisotopic (exact) mass is 344 g/mol. The average Bonchev–Trinajstić information content (AvgIpc) is 2.47. The number of nitro benzene ring substituents is 1. The minimum atomic E-state index is -0.362. The lowest BCUT2D eigenvalue weighted by Crippen LogP contribution is -2.36. The lowest BCUT2D eigenvalue weighted by molar-refractivity contribution is -0.384. The van der Waals surface area contributed by atoms with Crippen LogP contribution < -0.4 is 4.90 Å². The van der Waals surface area contributed by atoms with Crippen molar-refractivity contribution in [3.05, 3.63) is 33.9 Å². The highest BCUT2D eigenvalue weighted by Crippen LogP contribution is 2.29. The maximum atomic E-state index is 10.9. The van der Waals surface area contributed by atoms with Crippen LogP contribution in [0.25, 0.3) is 0 Å². The molecule has 1 rings (SSSR count). The van der Waals surface area contributed by atoms with Gasteiger partial charge >= 0.3 is 0 Å². The quantitative estimate of drug-likeness (QED) is 0.409. The third-order valence-electron chi connectivity index (χ3n) is 3.39. The van der Waals surface area contributed by atoms with Crippen LogP contribution in [0.2, 0.25) is 0 Å². The van der Waals surface area contributed by atoms with Gasteiger partial charge in [-0.1, -0.05) is 22.9 Å². The zero-order chi connectivity index (χ0) is 15.1. The molecule has 0 fully saturated rings. The highest BCUT2D eigenvalue weighted by Gasteiger charge is 2.18. The van der Waals surface area contributed by atoms with Crippen LogP contribution in [-0.4, -0.2) is 31.2 Å². The summed E-state index contributed by atoms with van der Waals surface area (Å²) in [6.45, 7) is 5.67. The number of non-ortho nitro benzene ring substituents is 1. The number of rotatable bonds is 8. The SMILES string of the molecule is CCC(C)N(CCOC)c1ccc([N+](=O)[O-])cc1CBr. The number of methoxy groups -OCH3 is 1. The third-order valence-corrected chi connectivity index (χ3v) is 3.99. The summed E-state index contributed by atoms with van der Waals surface area (Å²) in [7, 11) is 1.68. The molecule has 0 aliphatic rings. The number of benzene rings is 1. The fourth-order valence-corrected chi connectivity index (χ4v) is 2.51. The first-order valence-corrected chi connectivity index (χ1v) is 7.76. The van der Waals surface area contributed by atoms with E-state index in [0.717, 1.165) is 24.2 Å². The summed E-state index contributed by atoms with van der Waals surface area (Å²) in [5.74, 6) is 0. The molecule has 1 aromatic carbocycles. The van der Waals surface area contributed by atoms with Crippen molar-refractivity contribution in [3.8, 4) is 0 Å². The van der Waals surface area contributed by atoms with Gasteiger partial charge in [0.1, 0.15) is 0 Å². The van der Waals surface area contributed by atoms with E-state index in [1.165, 1.54) is 0 Å². The first kappa shape index (κ1) is 16.9. The van der Waals surface area contributed by atoms with Crippen molar-refractivity contribution in [3.63, 3.8) is 0 Å². The van der Waals surface area contributed by atoms with Crippen molar-refractivity contribution < 1.29 is 9.66 Å². The Hall–Kier alpha value is -1.14. The first-order valence-electron chi connectivity index (χ1n) is 6.64. The Kier molecular flexibility index (Phi) is 6.95. The van der Waals surface area contributed by atoms with Crippen molar-refractivity contribution in [2.24, 2.45) is 0 Å². The topological polar surface area (TPSA) is 55.6 Å². The third kappa shape index (κ3) is 4.18. The molecule has 0 N–H and O–H groups in total. The number of hydrogen-bond donors (Lipinski definition) is 0. The molecule has 0 saturated heterocycles. The molecule has 0 saturated carbocycles. The molecule has 0 aliphatic heterocycles. The van der Waals surface area contributed by atoms with Crippen LogP contribution in [-0.2, 0) is 10.1 Å². The number of ether oxygens (including phenoxy) is 1. The molecule has 0 spiro atoms. The molecular weight excluding hydrogens is 324 g/mol. The number of anilines is 1. The number of alkyl halides is 1. The van der Waals surface area contributed by atoms with Gasteiger partial charge in [0.2, 0.25) is 0 Å². The lowest BCUT2D eigenvalue weighted by Gasteiger charge is -2.32. The summed E-state index contributed by atoms with van der Waals surface area (Å²) in [5.41, 5.74) is 2.08. The second-order valence-corrected chi connectivity index (χ2v) is 5.21. The van der Waals surface area contributed by atoms with E-state index in [2.05, 4.69) is 34.7 Å². The van der Waals surface area contributed by atoms with Gasteiger partial charge in [-0.25, -0.2) is 0 Å². The second kappa shape index (κ2) is 8.21. The fourth-order valence-electron chi connectivity index (χ4n) is 2.06. The molecular formula is C14H21BrN2O3. The molecule has 0 heterocycles. The van der Waals surface area contributed by atoms with Gasteiger partial charge < -0.3 is 9.64 Å². The predicted octanol–water partition coefficient (Wildman–Crippen LogP) is 3.74. The summed E-state index contributed by atoms with van der Waals surface area (Å²) in [4.78, 5) is 12.7. The summed E-state index contributed by atoms with van der Waals surface area (Å²) in [5, 5.41) is 11.5.